The molecule has 86 valence electrons. The monoisotopic (exact) mass is 261 g/mol. The highest BCUT2D eigenvalue weighted by Gasteiger charge is 2.44. The summed E-state index contributed by atoms with van der Waals surface area (Å²) in [4.78, 5) is 2.51. The molecule has 2 nitrogen and oxygen atoms in total. The van der Waals surface area contributed by atoms with E-state index >= 15 is 0 Å². The van der Waals surface area contributed by atoms with Crippen LogP contribution in [-0.4, -0.2) is 11.4 Å². The average Bonchev–Trinajstić information content (AvgIpc) is 2.96. The van der Waals surface area contributed by atoms with Crippen LogP contribution in [0.3, 0.4) is 0 Å². The Hall–Kier alpha value is -1.26. The minimum atomic E-state index is -0.0459. The first-order valence-corrected chi connectivity index (χ1v) is 7.25. The zero-order chi connectivity index (χ0) is 11.9. The third kappa shape index (κ3) is 1.68. The molecule has 1 N–H and O–H groups in total. The lowest BCUT2D eigenvalue weighted by atomic mass is 9.81. The molecule has 0 aliphatic carbocycles. The molecule has 4 heteroatoms. The minimum Gasteiger partial charge on any atom is -0.142 e. The van der Waals surface area contributed by atoms with Crippen molar-refractivity contribution in [2.24, 2.45) is 10.5 Å². The van der Waals surface area contributed by atoms with E-state index in [1.807, 2.05) is 0 Å². The Labute approximate surface area is 108 Å². The van der Waals surface area contributed by atoms with E-state index in [0.29, 0.717) is 0 Å². The molecule has 0 unspecified atom stereocenters. The number of rotatable bonds is 2. The van der Waals surface area contributed by atoms with Crippen molar-refractivity contribution in [3.05, 3.63) is 44.8 Å². The summed E-state index contributed by atoms with van der Waals surface area (Å²) in [5.74, 6) is 0. The lowest BCUT2D eigenvalue weighted by molar-refractivity contribution is -0.459. The van der Waals surface area contributed by atoms with E-state index in [9.17, 15) is 0 Å². The third-order valence-corrected chi connectivity index (χ3v) is 4.78. The summed E-state index contributed by atoms with van der Waals surface area (Å²) < 4.78 is 0. The number of thiophene rings is 2. The van der Waals surface area contributed by atoms with Crippen LogP contribution >= 0.6 is 22.7 Å². The smallest absolute Gasteiger partial charge is 0.142 e. The summed E-state index contributed by atoms with van der Waals surface area (Å²) in [6, 6.07) is 8.42. The van der Waals surface area contributed by atoms with Gasteiger partial charge >= 0.3 is 0 Å². The molecule has 2 aromatic heterocycles. The predicted molar refractivity (Wildman–Crippen MR) is 74.0 cm³/mol. The maximum absolute atomic E-state index is 4.52. The van der Waals surface area contributed by atoms with Crippen molar-refractivity contribution in [3.8, 4) is 0 Å². The van der Waals surface area contributed by atoms with Crippen LogP contribution in [-0.2, 0) is 0 Å². The molecule has 0 saturated carbocycles. The van der Waals surface area contributed by atoms with Gasteiger partial charge in [0, 0.05) is 0 Å². The summed E-state index contributed by atoms with van der Waals surface area (Å²) >= 11 is 3.49. The van der Waals surface area contributed by atoms with Crippen LogP contribution in [0.5, 0.6) is 0 Å². The van der Waals surface area contributed by atoms with Crippen LogP contribution in [0.15, 0.2) is 40.1 Å². The van der Waals surface area contributed by atoms with Crippen molar-refractivity contribution >= 4 is 34.1 Å². The molecule has 1 aliphatic rings. The second kappa shape index (κ2) is 3.89. The van der Waals surface area contributed by atoms with E-state index in [0.717, 1.165) is 5.71 Å². The highest BCUT2D eigenvalue weighted by atomic mass is 32.1. The maximum Gasteiger partial charge on any atom is 0.234 e. The zero-order valence-electron chi connectivity index (χ0n) is 9.73. The van der Waals surface area contributed by atoms with Crippen molar-refractivity contribution < 1.29 is 5.10 Å². The quantitative estimate of drug-likeness (QED) is 0.857. The Morgan fingerprint density at radius 2 is 1.71 bits per heavy atom. The van der Waals surface area contributed by atoms with Crippen LogP contribution in [0.1, 0.15) is 23.6 Å². The molecular formula is C13H13N2S2+. The van der Waals surface area contributed by atoms with Gasteiger partial charge in [0.15, 0.2) is 0 Å². The average molecular weight is 261 g/mol. The highest BCUT2D eigenvalue weighted by Crippen LogP contribution is 2.31. The van der Waals surface area contributed by atoms with Crippen LogP contribution < -0.4 is 5.10 Å². The molecule has 3 rings (SSSR count). The predicted octanol–water partition coefficient (Wildman–Crippen LogP) is 2.12. The van der Waals surface area contributed by atoms with E-state index in [4.69, 9.17) is 0 Å². The summed E-state index contributed by atoms with van der Waals surface area (Å²) in [6.07, 6.45) is 0. The van der Waals surface area contributed by atoms with Crippen LogP contribution in [0.4, 0.5) is 0 Å². The molecule has 2 aromatic rings. The topological polar surface area (TPSA) is 26.3 Å². The van der Waals surface area contributed by atoms with E-state index in [1.165, 1.54) is 15.5 Å². The molecule has 0 atom stereocenters. The largest absolute Gasteiger partial charge is 0.234 e. The minimum absolute atomic E-state index is 0.0459. The van der Waals surface area contributed by atoms with Gasteiger partial charge in [-0.15, -0.1) is 27.8 Å². The molecule has 0 aromatic carbocycles. The van der Waals surface area contributed by atoms with Crippen molar-refractivity contribution in [1.29, 1.82) is 0 Å². The van der Waals surface area contributed by atoms with Gasteiger partial charge in [-0.1, -0.05) is 12.1 Å². The molecule has 0 fully saturated rings. The van der Waals surface area contributed by atoms with Crippen molar-refractivity contribution in [3.63, 3.8) is 0 Å². The molecule has 0 amide bonds. The van der Waals surface area contributed by atoms with Crippen LogP contribution in [0, 0.1) is 5.41 Å². The summed E-state index contributed by atoms with van der Waals surface area (Å²) in [5, 5.41) is 11.9. The molecule has 0 radical (unpaired) electrons. The first-order valence-electron chi connectivity index (χ1n) is 5.49. The van der Waals surface area contributed by atoms with Gasteiger partial charge in [-0.05, 0) is 41.8 Å². The van der Waals surface area contributed by atoms with Crippen molar-refractivity contribution in [1.82, 2.24) is 0 Å². The van der Waals surface area contributed by atoms with Gasteiger partial charge in [-0.25, -0.2) is 0 Å². The maximum atomic E-state index is 4.52. The van der Waals surface area contributed by atoms with Gasteiger partial charge < -0.3 is 0 Å². The molecule has 0 bridgehead atoms. The lowest BCUT2D eigenvalue weighted by Crippen LogP contribution is -2.65. The highest BCUT2D eigenvalue weighted by molar-refractivity contribution is 7.13. The molecule has 0 saturated heterocycles. The molecular weight excluding hydrogens is 248 g/mol. The van der Waals surface area contributed by atoms with Gasteiger partial charge in [0.2, 0.25) is 5.71 Å². The van der Waals surface area contributed by atoms with E-state index in [2.05, 4.69) is 59.1 Å². The Bertz CT molecular complexity index is 523. The van der Waals surface area contributed by atoms with Gasteiger partial charge in [-0.3, -0.25) is 0 Å². The second-order valence-corrected chi connectivity index (χ2v) is 6.42. The number of nitrogens with zero attached hydrogens (tertiary/aromatic N) is 1. The van der Waals surface area contributed by atoms with E-state index in [-0.39, 0.29) is 5.41 Å². The van der Waals surface area contributed by atoms with Gasteiger partial charge in [0.1, 0.15) is 11.1 Å². The third-order valence-electron chi connectivity index (χ3n) is 3.02. The number of hydrazone groups is 1. The van der Waals surface area contributed by atoms with Gasteiger partial charge in [0.05, 0.1) is 9.75 Å². The van der Waals surface area contributed by atoms with E-state index < -0.39 is 0 Å². The van der Waals surface area contributed by atoms with Gasteiger partial charge in [-0.2, -0.15) is 0 Å². The Kier molecular flexibility index (Phi) is 2.49. The van der Waals surface area contributed by atoms with E-state index in [1.54, 1.807) is 22.7 Å². The van der Waals surface area contributed by atoms with Crippen LogP contribution in [0.2, 0.25) is 0 Å². The fourth-order valence-electron chi connectivity index (χ4n) is 2.07. The zero-order valence-corrected chi connectivity index (χ0v) is 11.4. The normalized spacial score (nSPS) is 18.0. The van der Waals surface area contributed by atoms with Crippen LogP contribution in [0.25, 0.3) is 0 Å². The second-order valence-electron chi connectivity index (χ2n) is 4.53. The summed E-state index contributed by atoms with van der Waals surface area (Å²) in [6.45, 7) is 4.45. The summed E-state index contributed by atoms with van der Waals surface area (Å²) in [7, 11) is 0. The lowest BCUT2D eigenvalue weighted by Gasteiger charge is -2.16. The SMILES string of the molecule is CC1(C)C(c2cccs2)=N[NH+]=C1c1cccs1. The fourth-order valence-corrected chi connectivity index (χ4v) is 3.82. The number of hydrogen-bond donors (Lipinski definition) is 1. The molecule has 3 heterocycles. The number of nitrogens with one attached hydrogen (secondary N) is 1. The summed E-state index contributed by atoms with van der Waals surface area (Å²) in [5.41, 5.74) is 2.29. The molecule has 1 aliphatic heterocycles. The fraction of sp³-hybridized carbons (Fsp3) is 0.231. The molecule has 0 spiro atoms. The standard InChI is InChI=1S/C13H12N2S2/c1-13(2)11(9-5-3-7-16-9)14-15-12(13)10-6-4-8-17-10/h3-8H,1-2H3/p+1. The van der Waals surface area contributed by atoms with Crippen molar-refractivity contribution in [2.45, 2.75) is 13.8 Å². The molecule has 17 heavy (non-hydrogen) atoms. The Balaban J connectivity index is 2.00. The Morgan fingerprint density at radius 1 is 1.06 bits per heavy atom. The first kappa shape index (κ1) is 10.9. The van der Waals surface area contributed by atoms with Crippen molar-refractivity contribution in [2.75, 3.05) is 0 Å². The first-order chi connectivity index (χ1) is 8.19. The number of hydrogen-bond acceptors (Lipinski definition) is 3. The Morgan fingerprint density at radius 3 is 2.29 bits per heavy atom. The van der Waals surface area contributed by atoms with Gasteiger partial charge in [0.25, 0.3) is 0 Å².